The van der Waals surface area contributed by atoms with Crippen molar-refractivity contribution in [3.63, 3.8) is 0 Å². The maximum atomic E-state index is 8.85. The number of nitriles is 1. The van der Waals surface area contributed by atoms with Gasteiger partial charge in [-0.15, -0.1) is 0 Å². The minimum absolute atomic E-state index is 0.582. The van der Waals surface area contributed by atoms with Crippen molar-refractivity contribution in [1.29, 1.82) is 5.26 Å². The van der Waals surface area contributed by atoms with Crippen LogP contribution < -0.4 is 10.1 Å². The molecule has 0 saturated heterocycles. The number of methoxy groups -OCH3 is 1. The lowest BCUT2D eigenvalue weighted by atomic mass is 10.2. The third kappa shape index (κ3) is 3.40. The van der Waals surface area contributed by atoms with Crippen LogP contribution in [0.5, 0.6) is 5.75 Å². The molecule has 0 spiro atoms. The standard InChI is InChI=1S/C15H13ClN2O/c1-19-15-6-5-13(16)8-12(15)10-18-14-4-2-3-11(7-14)9-17/h2-8,18H,10H2,1H3. The van der Waals surface area contributed by atoms with Crippen molar-refractivity contribution in [3.8, 4) is 11.8 Å². The molecule has 0 saturated carbocycles. The Morgan fingerprint density at radius 2 is 2.11 bits per heavy atom. The van der Waals surface area contributed by atoms with Gasteiger partial charge in [0, 0.05) is 22.8 Å². The van der Waals surface area contributed by atoms with Crippen molar-refractivity contribution in [2.24, 2.45) is 0 Å². The van der Waals surface area contributed by atoms with Crippen molar-refractivity contribution in [3.05, 3.63) is 58.6 Å². The highest BCUT2D eigenvalue weighted by Gasteiger charge is 2.04. The van der Waals surface area contributed by atoms with Crippen molar-refractivity contribution >= 4 is 17.3 Å². The summed E-state index contributed by atoms with van der Waals surface area (Å²) in [6.45, 7) is 0.582. The fourth-order valence-electron chi connectivity index (χ4n) is 1.78. The molecule has 2 rings (SSSR count). The molecule has 0 amide bonds. The second-order valence-electron chi connectivity index (χ2n) is 4.00. The second kappa shape index (κ2) is 6.12. The van der Waals surface area contributed by atoms with E-state index in [1.165, 1.54) is 0 Å². The highest BCUT2D eigenvalue weighted by Crippen LogP contribution is 2.23. The quantitative estimate of drug-likeness (QED) is 0.920. The van der Waals surface area contributed by atoms with Gasteiger partial charge in [0.25, 0.3) is 0 Å². The van der Waals surface area contributed by atoms with Gasteiger partial charge in [0.15, 0.2) is 0 Å². The zero-order chi connectivity index (χ0) is 13.7. The van der Waals surface area contributed by atoms with Crippen LogP contribution in [0.15, 0.2) is 42.5 Å². The summed E-state index contributed by atoms with van der Waals surface area (Å²) >= 11 is 5.98. The summed E-state index contributed by atoms with van der Waals surface area (Å²) < 4.78 is 5.28. The molecule has 2 aromatic carbocycles. The molecular weight excluding hydrogens is 260 g/mol. The summed E-state index contributed by atoms with van der Waals surface area (Å²) in [6, 6.07) is 14.9. The van der Waals surface area contributed by atoms with E-state index in [4.69, 9.17) is 21.6 Å². The normalized spacial score (nSPS) is 9.74. The lowest BCUT2D eigenvalue weighted by Gasteiger charge is -2.11. The maximum absolute atomic E-state index is 8.85. The van der Waals surface area contributed by atoms with Gasteiger partial charge in [0.2, 0.25) is 0 Å². The van der Waals surface area contributed by atoms with E-state index in [1.807, 2.05) is 24.3 Å². The number of rotatable bonds is 4. The molecule has 0 unspecified atom stereocenters. The van der Waals surface area contributed by atoms with Gasteiger partial charge >= 0.3 is 0 Å². The van der Waals surface area contributed by atoms with Crippen LogP contribution in [0.25, 0.3) is 0 Å². The highest BCUT2D eigenvalue weighted by atomic mass is 35.5. The first kappa shape index (κ1) is 13.3. The lowest BCUT2D eigenvalue weighted by molar-refractivity contribution is 0.410. The Kier molecular flexibility index (Phi) is 4.27. The predicted octanol–water partition coefficient (Wildman–Crippen LogP) is 3.83. The molecule has 4 heteroatoms. The SMILES string of the molecule is COc1ccc(Cl)cc1CNc1cccc(C#N)c1. The van der Waals surface area contributed by atoms with E-state index in [1.54, 1.807) is 25.3 Å². The minimum Gasteiger partial charge on any atom is -0.496 e. The summed E-state index contributed by atoms with van der Waals surface area (Å²) in [4.78, 5) is 0. The van der Waals surface area contributed by atoms with Gasteiger partial charge in [0.05, 0.1) is 18.7 Å². The van der Waals surface area contributed by atoms with Crippen LogP contribution in [0.2, 0.25) is 5.02 Å². The van der Waals surface area contributed by atoms with E-state index < -0.39 is 0 Å². The van der Waals surface area contributed by atoms with Gasteiger partial charge in [-0.3, -0.25) is 0 Å². The molecule has 0 radical (unpaired) electrons. The molecule has 0 aliphatic heterocycles. The smallest absolute Gasteiger partial charge is 0.123 e. The number of anilines is 1. The average molecular weight is 273 g/mol. The Bertz CT molecular complexity index is 620. The van der Waals surface area contributed by atoms with E-state index in [0.29, 0.717) is 17.1 Å². The van der Waals surface area contributed by atoms with Crippen LogP contribution >= 0.6 is 11.6 Å². The highest BCUT2D eigenvalue weighted by molar-refractivity contribution is 6.30. The van der Waals surface area contributed by atoms with Crippen LogP contribution in [0, 0.1) is 11.3 Å². The van der Waals surface area contributed by atoms with Gasteiger partial charge in [-0.1, -0.05) is 17.7 Å². The van der Waals surface area contributed by atoms with Gasteiger partial charge < -0.3 is 10.1 Å². The van der Waals surface area contributed by atoms with E-state index in [2.05, 4.69) is 11.4 Å². The third-order valence-electron chi connectivity index (χ3n) is 2.72. The minimum atomic E-state index is 0.582. The molecule has 2 aromatic rings. The number of nitrogens with zero attached hydrogens (tertiary/aromatic N) is 1. The molecular formula is C15H13ClN2O. The first-order chi connectivity index (χ1) is 9.22. The summed E-state index contributed by atoms with van der Waals surface area (Å²) in [5, 5.41) is 12.8. The Morgan fingerprint density at radius 3 is 2.84 bits per heavy atom. The fourth-order valence-corrected chi connectivity index (χ4v) is 1.98. The van der Waals surface area contributed by atoms with Crippen LogP contribution in [0.4, 0.5) is 5.69 Å². The molecule has 3 nitrogen and oxygen atoms in total. The lowest BCUT2D eigenvalue weighted by Crippen LogP contribution is -2.01. The van der Waals surface area contributed by atoms with Crippen molar-refractivity contribution < 1.29 is 4.74 Å². The summed E-state index contributed by atoms with van der Waals surface area (Å²) in [7, 11) is 1.63. The molecule has 0 aliphatic rings. The van der Waals surface area contributed by atoms with Crippen LogP contribution in [0.1, 0.15) is 11.1 Å². The number of hydrogen-bond donors (Lipinski definition) is 1. The first-order valence-electron chi connectivity index (χ1n) is 5.79. The fraction of sp³-hybridized carbons (Fsp3) is 0.133. The zero-order valence-electron chi connectivity index (χ0n) is 10.5. The van der Waals surface area contributed by atoms with Gasteiger partial charge in [-0.25, -0.2) is 0 Å². The summed E-state index contributed by atoms with van der Waals surface area (Å²) in [5.41, 5.74) is 2.49. The van der Waals surface area contributed by atoms with Gasteiger partial charge in [-0.05, 0) is 36.4 Å². The van der Waals surface area contributed by atoms with E-state index in [9.17, 15) is 0 Å². The Balaban J connectivity index is 2.14. The van der Waals surface area contributed by atoms with Crippen LogP contribution in [-0.4, -0.2) is 7.11 Å². The molecule has 96 valence electrons. The Hall–Kier alpha value is -2.18. The number of nitrogens with one attached hydrogen (secondary N) is 1. The van der Waals surface area contributed by atoms with E-state index in [0.717, 1.165) is 17.0 Å². The number of ether oxygens (including phenoxy) is 1. The number of benzene rings is 2. The molecule has 0 fully saturated rings. The molecule has 0 atom stereocenters. The van der Waals surface area contributed by atoms with Gasteiger partial charge in [0.1, 0.15) is 5.75 Å². The van der Waals surface area contributed by atoms with Crippen LogP contribution in [-0.2, 0) is 6.54 Å². The molecule has 1 N–H and O–H groups in total. The summed E-state index contributed by atoms with van der Waals surface area (Å²) in [6.07, 6.45) is 0. The number of hydrogen-bond acceptors (Lipinski definition) is 3. The van der Waals surface area contributed by atoms with E-state index in [-0.39, 0.29) is 0 Å². The Morgan fingerprint density at radius 1 is 1.26 bits per heavy atom. The monoisotopic (exact) mass is 272 g/mol. The maximum Gasteiger partial charge on any atom is 0.123 e. The topological polar surface area (TPSA) is 45.0 Å². The van der Waals surface area contributed by atoms with Crippen molar-refractivity contribution in [2.45, 2.75) is 6.54 Å². The van der Waals surface area contributed by atoms with E-state index >= 15 is 0 Å². The predicted molar refractivity (Wildman–Crippen MR) is 76.5 cm³/mol. The number of halogens is 1. The summed E-state index contributed by atoms with van der Waals surface area (Å²) in [5.74, 6) is 0.785. The Labute approximate surface area is 117 Å². The van der Waals surface area contributed by atoms with Crippen molar-refractivity contribution in [2.75, 3.05) is 12.4 Å². The van der Waals surface area contributed by atoms with Crippen LogP contribution in [0.3, 0.4) is 0 Å². The first-order valence-corrected chi connectivity index (χ1v) is 6.17. The molecule has 19 heavy (non-hydrogen) atoms. The second-order valence-corrected chi connectivity index (χ2v) is 4.44. The molecule has 0 aromatic heterocycles. The molecule has 0 heterocycles. The van der Waals surface area contributed by atoms with Crippen molar-refractivity contribution in [1.82, 2.24) is 0 Å². The third-order valence-corrected chi connectivity index (χ3v) is 2.95. The average Bonchev–Trinajstić information content (AvgIpc) is 2.45. The van der Waals surface area contributed by atoms with Gasteiger partial charge in [-0.2, -0.15) is 5.26 Å². The zero-order valence-corrected chi connectivity index (χ0v) is 11.2. The molecule has 0 aliphatic carbocycles. The molecule has 0 bridgehead atoms. The largest absolute Gasteiger partial charge is 0.496 e.